The fraction of sp³-hybridized carbons (Fsp3) is 0.222. The van der Waals surface area contributed by atoms with Crippen LogP contribution in [0.25, 0.3) is 0 Å². The highest BCUT2D eigenvalue weighted by molar-refractivity contribution is 6.42. The molecule has 0 atom stereocenters. The number of nitrogens with one attached hydrogen (secondary N) is 1. The first-order valence-electron chi connectivity index (χ1n) is 7.74. The molecule has 1 aliphatic heterocycles. The Morgan fingerprint density at radius 1 is 1.16 bits per heavy atom. The minimum atomic E-state index is -0.317. The van der Waals surface area contributed by atoms with Crippen LogP contribution < -0.4 is 15.0 Å². The van der Waals surface area contributed by atoms with E-state index in [0.29, 0.717) is 45.7 Å². The Bertz CT molecular complexity index is 839. The van der Waals surface area contributed by atoms with Crippen molar-refractivity contribution in [3.05, 3.63) is 52.0 Å². The molecular weight excluding hydrogens is 363 g/mol. The van der Waals surface area contributed by atoms with Gasteiger partial charge < -0.3 is 15.0 Å². The van der Waals surface area contributed by atoms with Gasteiger partial charge >= 0.3 is 0 Å². The molecule has 5 nitrogen and oxygen atoms in total. The first-order valence-corrected chi connectivity index (χ1v) is 8.50. The first kappa shape index (κ1) is 17.6. The Labute approximate surface area is 155 Å². The van der Waals surface area contributed by atoms with Crippen molar-refractivity contribution in [2.24, 2.45) is 0 Å². The molecule has 0 aromatic heterocycles. The van der Waals surface area contributed by atoms with E-state index < -0.39 is 0 Å². The predicted molar refractivity (Wildman–Crippen MR) is 99.0 cm³/mol. The van der Waals surface area contributed by atoms with E-state index in [1.165, 1.54) is 6.07 Å². The fourth-order valence-corrected chi connectivity index (χ4v) is 3.02. The number of anilines is 2. The summed E-state index contributed by atoms with van der Waals surface area (Å²) in [7, 11) is 1.55. The van der Waals surface area contributed by atoms with E-state index >= 15 is 0 Å². The van der Waals surface area contributed by atoms with Crippen LogP contribution >= 0.6 is 23.2 Å². The zero-order valence-electron chi connectivity index (χ0n) is 13.5. The number of methoxy groups -OCH3 is 1. The van der Waals surface area contributed by atoms with Gasteiger partial charge in [-0.2, -0.15) is 0 Å². The van der Waals surface area contributed by atoms with Crippen molar-refractivity contribution in [1.29, 1.82) is 0 Å². The molecule has 0 bridgehead atoms. The third-order valence-corrected chi connectivity index (χ3v) is 4.72. The second-order valence-electron chi connectivity index (χ2n) is 5.62. The van der Waals surface area contributed by atoms with Gasteiger partial charge in [0.25, 0.3) is 5.91 Å². The molecule has 0 saturated carbocycles. The lowest BCUT2D eigenvalue weighted by Crippen LogP contribution is -2.24. The van der Waals surface area contributed by atoms with Gasteiger partial charge in [0.05, 0.1) is 22.8 Å². The van der Waals surface area contributed by atoms with E-state index in [1.54, 1.807) is 42.3 Å². The first-order chi connectivity index (χ1) is 12.0. The van der Waals surface area contributed by atoms with Crippen LogP contribution in [0.15, 0.2) is 36.4 Å². The Morgan fingerprint density at radius 2 is 1.96 bits per heavy atom. The molecule has 0 radical (unpaired) electrons. The zero-order valence-corrected chi connectivity index (χ0v) is 15.0. The van der Waals surface area contributed by atoms with E-state index in [2.05, 4.69) is 5.32 Å². The molecule has 130 valence electrons. The number of ether oxygens (including phenoxy) is 1. The van der Waals surface area contributed by atoms with Gasteiger partial charge in [0.15, 0.2) is 0 Å². The van der Waals surface area contributed by atoms with E-state index in [-0.39, 0.29) is 11.8 Å². The number of amides is 2. The van der Waals surface area contributed by atoms with Crippen molar-refractivity contribution in [2.45, 2.75) is 12.8 Å². The van der Waals surface area contributed by atoms with Crippen LogP contribution in [0.5, 0.6) is 5.75 Å². The van der Waals surface area contributed by atoms with Crippen molar-refractivity contribution in [3.8, 4) is 5.75 Å². The third kappa shape index (κ3) is 3.72. The summed E-state index contributed by atoms with van der Waals surface area (Å²) in [6, 6.07) is 9.86. The average Bonchev–Trinajstić information content (AvgIpc) is 3.03. The van der Waals surface area contributed by atoms with Crippen LogP contribution in [0.2, 0.25) is 10.0 Å². The van der Waals surface area contributed by atoms with Crippen LogP contribution in [0, 0.1) is 0 Å². The topological polar surface area (TPSA) is 58.6 Å². The molecule has 2 aromatic carbocycles. The highest BCUT2D eigenvalue weighted by atomic mass is 35.5. The van der Waals surface area contributed by atoms with E-state index in [4.69, 9.17) is 27.9 Å². The number of halogens is 2. The Hall–Kier alpha value is -2.24. The highest BCUT2D eigenvalue weighted by Crippen LogP contribution is 2.34. The number of carbonyl (C=O) groups excluding carboxylic acids is 2. The van der Waals surface area contributed by atoms with Crippen molar-refractivity contribution >= 4 is 46.4 Å². The summed E-state index contributed by atoms with van der Waals surface area (Å²) in [5, 5.41) is 3.50. The Kier molecular flexibility index (Phi) is 5.16. The minimum absolute atomic E-state index is 0.0475. The normalized spacial score (nSPS) is 13.9. The largest absolute Gasteiger partial charge is 0.495 e. The summed E-state index contributed by atoms with van der Waals surface area (Å²) in [6.07, 6.45) is 1.32. The maximum Gasteiger partial charge on any atom is 0.255 e. The average molecular weight is 379 g/mol. The molecular formula is C18H16Cl2N2O3. The highest BCUT2D eigenvalue weighted by Gasteiger charge is 2.25. The fourth-order valence-electron chi connectivity index (χ4n) is 2.72. The minimum Gasteiger partial charge on any atom is -0.495 e. The summed E-state index contributed by atoms with van der Waals surface area (Å²) in [4.78, 5) is 26.1. The predicted octanol–water partition coefficient (Wildman–Crippen LogP) is 4.38. The lowest BCUT2D eigenvalue weighted by Gasteiger charge is -2.20. The number of rotatable bonds is 4. The molecule has 0 spiro atoms. The molecule has 1 aliphatic rings. The van der Waals surface area contributed by atoms with Crippen molar-refractivity contribution in [1.82, 2.24) is 0 Å². The SMILES string of the molecule is COc1ccc(NC(=O)c2ccc(Cl)c(Cl)c2)cc1N1CCCC1=O. The van der Waals surface area contributed by atoms with Gasteiger partial charge in [0, 0.05) is 24.2 Å². The molecule has 1 heterocycles. The number of nitrogens with zero attached hydrogens (tertiary/aromatic N) is 1. The van der Waals surface area contributed by atoms with Gasteiger partial charge in [0.2, 0.25) is 5.91 Å². The van der Waals surface area contributed by atoms with Crippen LogP contribution in [-0.4, -0.2) is 25.5 Å². The molecule has 25 heavy (non-hydrogen) atoms. The molecule has 1 N–H and O–H groups in total. The van der Waals surface area contributed by atoms with Crippen LogP contribution in [0.3, 0.4) is 0 Å². The molecule has 1 fully saturated rings. The van der Waals surface area contributed by atoms with E-state index in [0.717, 1.165) is 6.42 Å². The van der Waals surface area contributed by atoms with Gasteiger partial charge in [-0.1, -0.05) is 23.2 Å². The summed E-state index contributed by atoms with van der Waals surface area (Å²) < 4.78 is 5.34. The summed E-state index contributed by atoms with van der Waals surface area (Å²) in [6.45, 7) is 0.638. The number of carbonyl (C=O) groups is 2. The lowest BCUT2D eigenvalue weighted by atomic mass is 10.2. The number of benzene rings is 2. The van der Waals surface area contributed by atoms with Gasteiger partial charge in [0.1, 0.15) is 5.75 Å². The molecule has 2 amide bonds. The summed E-state index contributed by atoms with van der Waals surface area (Å²) >= 11 is 11.8. The summed E-state index contributed by atoms with van der Waals surface area (Å²) in [5.74, 6) is 0.316. The molecule has 0 unspecified atom stereocenters. The maximum absolute atomic E-state index is 12.4. The number of hydrogen-bond acceptors (Lipinski definition) is 3. The second kappa shape index (κ2) is 7.33. The standard InChI is InChI=1S/C18H16Cl2N2O3/c1-25-16-7-5-12(10-15(16)22-8-2-3-17(22)23)21-18(24)11-4-6-13(19)14(20)9-11/h4-7,9-10H,2-3,8H2,1H3,(H,21,24). The van der Waals surface area contributed by atoms with Crippen molar-refractivity contribution in [3.63, 3.8) is 0 Å². The van der Waals surface area contributed by atoms with Crippen LogP contribution in [-0.2, 0) is 4.79 Å². The van der Waals surface area contributed by atoms with Gasteiger partial charge in [-0.05, 0) is 42.8 Å². The van der Waals surface area contributed by atoms with Gasteiger partial charge in [-0.25, -0.2) is 0 Å². The molecule has 1 saturated heterocycles. The molecule has 3 rings (SSSR count). The summed E-state index contributed by atoms with van der Waals surface area (Å²) in [5.41, 5.74) is 1.60. The van der Waals surface area contributed by atoms with E-state index in [9.17, 15) is 9.59 Å². The lowest BCUT2D eigenvalue weighted by molar-refractivity contribution is -0.117. The van der Waals surface area contributed by atoms with Crippen LogP contribution in [0.4, 0.5) is 11.4 Å². The van der Waals surface area contributed by atoms with Gasteiger partial charge in [-0.15, -0.1) is 0 Å². The molecule has 0 aliphatic carbocycles. The second-order valence-corrected chi connectivity index (χ2v) is 6.43. The maximum atomic E-state index is 12.4. The molecule has 2 aromatic rings. The quantitative estimate of drug-likeness (QED) is 0.858. The van der Waals surface area contributed by atoms with Crippen LogP contribution in [0.1, 0.15) is 23.2 Å². The van der Waals surface area contributed by atoms with E-state index in [1.807, 2.05) is 0 Å². The zero-order chi connectivity index (χ0) is 18.0. The monoisotopic (exact) mass is 378 g/mol. The van der Waals surface area contributed by atoms with Crippen molar-refractivity contribution in [2.75, 3.05) is 23.9 Å². The number of hydrogen-bond donors (Lipinski definition) is 1. The smallest absolute Gasteiger partial charge is 0.255 e. The van der Waals surface area contributed by atoms with Crippen molar-refractivity contribution < 1.29 is 14.3 Å². The Morgan fingerprint density at radius 3 is 2.60 bits per heavy atom. The molecule has 7 heteroatoms. The van der Waals surface area contributed by atoms with Gasteiger partial charge in [-0.3, -0.25) is 9.59 Å². The Balaban J connectivity index is 1.86. The third-order valence-electron chi connectivity index (χ3n) is 3.98.